The molecule has 0 aliphatic heterocycles. The van der Waals surface area contributed by atoms with Gasteiger partial charge in [0.1, 0.15) is 5.82 Å². The van der Waals surface area contributed by atoms with Crippen LogP contribution in [0.3, 0.4) is 0 Å². The van der Waals surface area contributed by atoms with E-state index in [1.807, 2.05) is 6.92 Å². The van der Waals surface area contributed by atoms with Crippen LogP contribution in [0.5, 0.6) is 0 Å². The van der Waals surface area contributed by atoms with Gasteiger partial charge >= 0.3 is 0 Å². The van der Waals surface area contributed by atoms with Crippen LogP contribution in [0.1, 0.15) is 22.0 Å². The first-order valence-electron chi connectivity index (χ1n) is 4.95. The van der Waals surface area contributed by atoms with Gasteiger partial charge in [-0.15, -0.1) is 11.3 Å². The predicted molar refractivity (Wildman–Crippen MR) is 76.9 cm³/mol. The highest BCUT2D eigenvalue weighted by Crippen LogP contribution is 2.34. The third-order valence-electron chi connectivity index (χ3n) is 2.49. The predicted octanol–water partition coefficient (Wildman–Crippen LogP) is 4.77. The van der Waals surface area contributed by atoms with Gasteiger partial charge in [0.2, 0.25) is 0 Å². The summed E-state index contributed by atoms with van der Waals surface area (Å²) in [4.78, 5) is 1.06. The van der Waals surface area contributed by atoms with Crippen molar-refractivity contribution < 1.29 is 4.39 Å². The molecular formula is C12H10Br2FNS. The summed E-state index contributed by atoms with van der Waals surface area (Å²) in [5.41, 5.74) is 8.23. The van der Waals surface area contributed by atoms with Crippen LogP contribution in [0, 0.1) is 12.7 Å². The quantitative estimate of drug-likeness (QED) is 0.800. The van der Waals surface area contributed by atoms with Crippen LogP contribution in [-0.4, -0.2) is 0 Å². The summed E-state index contributed by atoms with van der Waals surface area (Å²) in [7, 11) is 0. The van der Waals surface area contributed by atoms with E-state index >= 15 is 0 Å². The molecule has 90 valence electrons. The molecule has 0 spiro atoms. The first kappa shape index (κ1) is 13.2. The van der Waals surface area contributed by atoms with Crippen LogP contribution in [0.2, 0.25) is 0 Å². The Balaban J connectivity index is 2.36. The van der Waals surface area contributed by atoms with Gasteiger partial charge in [0.15, 0.2) is 0 Å². The van der Waals surface area contributed by atoms with Crippen molar-refractivity contribution >= 4 is 43.2 Å². The van der Waals surface area contributed by atoms with Crippen LogP contribution in [0.15, 0.2) is 32.5 Å². The van der Waals surface area contributed by atoms with E-state index in [1.165, 1.54) is 11.6 Å². The molecule has 0 saturated carbocycles. The van der Waals surface area contributed by atoms with Crippen molar-refractivity contribution in [3.63, 3.8) is 0 Å². The topological polar surface area (TPSA) is 26.0 Å². The highest BCUT2D eigenvalue weighted by atomic mass is 79.9. The van der Waals surface area contributed by atoms with Crippen LogP contribution >= 0.6 is 43.2 Å². The molecule has 17 heavy (non-hydrogen) atoms. The molecule has 5 heteroatoms. The zero-order chi connectivity index (χ0) is 12.6. The fraction of sp³-hybridized carbons (Fsp3) is 0.167. The number of thiophene rings is 1. The lowest BCUT2D eigenvalue weighted by Gasteiger charge is -2.10. The molecule has 0 bridgehead atoms. The zero-order valence-corrected chi connectivity index (χ0v) is 13.0. The molecule has 0 amide bonds. The zero-order valence-electron chi connectivity index (χ0n) is 9.01. The van der Waals surface area contributed by atoms with Crippen LogP contribution in [0.4, 0.5) is 4.39 Å². The van der Waals surface area contributed by atoms with Crippen molar-refractivity contribution in [2.24, 2.45) is 5.73 Å². The first-order chi connectivity index (χ1) is 7.99. The molecule has 1 nitrogen and oxygen atoms in total. The summed E-state index contributed by atoms with van der Waals surface area (Å²) in [6, 6.07) is 6.70. The Morgan fingerprint density at radius 3 is 2.53 bits per heavy atom. The largest absolute Gasteiger partial charge is 0.320 e. The Kier molecular flexibility index (Phi) is 4.02. The average Bonchev–Trinajstić information content (AvgIpc) is 2.62. The van der Waals surface area contributed by atoms with Gasteiger partial charge in [0.25, 0.3) is 0 Å². The third-order valence-corrected chi connectivity index (χ3v) is 5.31. The number of benzene rings is 1. The van der Waals surface area contributed by atoms with Gasteiger partial charge in [-0.1, -0.05) is 6.07 Å². The lowest BCUT2D eigenvalue weighted by Crippen LogP contribution is -2.10. The second-order valence-corrected chi connectivity index (χ2v) is 7.01. The van der Waals surface area contributed by atoms with E-state index in [1.54, 1.807) is 23.5 Å². The SMILES string of the molecule is Cc1cc(C(N)c2ccc(F)c(Br)c2)sc1Br. The molecular weight excluding hydrogens is 369 g/mol. The number of hydrogen-bond donors (Lipinski definition) is 1. The molecule has 2 N–H and O–H groups in total. The lowest BCUT2D eigenvalue weighted by atomic mass is 10.1. The van der Waals surface area contributed by atoms with Gasteiger partial charge in [-0.25, -0.2) is 4.39 Å². The summed E-state index contributed by atoms with van der Waals surface area (Å²) < 4.78 is 14.7. The van der Waals surface area contributed by atoms with Gasteiger partial charge in [-0.2, -0.15) is 0 Å². The van der Waals surface area contributed by atoms with Crippen molar-refractivity contribution in [3.05, 3.63) is 54.3 Å². The van der Waals surface area contributed by atoms with E-state index < -0.39 is 0 Å². The van der Waals surface area contributed by atoms with E-state index in [4.69, 9.17) is 5.73 Å². The molecule has 0 radical (unpaired) electrons. The number of rotatable bonds is 2. The number of aryl methyl sites for hydroxylation is 1. The van der Waals surface area contributed by atoms with Crippen LogP contribution < -0.4 is 5.73 Å². The highest BCUT2D eigenvalue weighted by molar-refractivity contribution is 9.11. The smallest absolute Gasteiger partial charge is 0.137 e. The minimum absolute atomic E-state index is 0.220. The second-order valence-electron chi connectivity index (χ2n) is 3.76. The minimum atomic E-state index is -0.274. The molecule has 0 aliphatic carbocycles. The molecule has 2 aromatic rings. The standard InChI is InChI=1S/C12H10Br2FNS/c1-6-4-10(17-12(6)14)11(16)7-2-3-9(15)8(13)5-7/h2-5,11H,16H2,1H3. The Bertz CT molecular complexity index is 534. The molecule has 1 aromatic carbocycles. The molecule has 1 atom stereocenters. The molecule has 2 rings (SSSR count). The van der Waals surface area contributed by atoms with Crippen molar-refractivity contribution in [2.45, 2.75) is 13.0 Å². The van der Waals surface area contributed by atoms with Crippen molar-refractivity contribution in [3.8, 4) is 0 Å². The van der Waals surface area contributed by atoms with Crippen molar-refractivity contribution in [1.29, 1.82) is 0 Å². The van der Waals surface area contributed by atoms with E-state index in [2.05, 4.69) is 37.9 Å². The number of halogens is 3. The lowest BCUT2D eigenvalue weighted by molar-refractivity contribution is 0.619. The fourth-order valence-electron chi connectivity index (χ4n) is 1.51. The summed E-state index contributed by atoms with van der Waals surface area (Å²) in [5.74, 6) is -0.274. The second kappa shape index (κ2) is 5.18. The number of hydrogen-bond acceptors (Lipinski definition) is 2. The molecule has 1 aromatic heterocycles. The molecule has 1 unspecified atom stereocenters. The Hall–Kier alpha value is -0.230. The van der Waals surface area contributed by atoms with Gasteiger partial charge in [0, 0.05) is 4.88 Å². The van der Waals surface area contributed by atoms with E-state index in [0.717, 1.165) is 14.2 Å². The maximum absolute atomic E-state index is 13.1. The van der Waals surface area contributed by atoms with Gasteiger partial charge in [0.05, 0.1) is 14.3 Å². The van der Waals surface area contributed by atoms with Gasteiger partial charge in [-0.3, -0.25) is 0 Å². The van der Waals surface area contributed by atoms with Crippen LogP contribution in [-0.2, 0) is 0 Å². The minimum Gasteiger partial charge on any atom is -0.320 e. The van der Waals surface area contributed by atoms with Crippen molar-refractivity contribution in [1.82, 2.24) is 0 Å². The summed E-state index contributed by atoms with van der Waals surface area (Å²) in [6.45, 7) is 2.03. The maximum Gasteiger partial charge on any atom is 0.137 e. The summed E-state index contributed by atoms with van der Waals surface area (Å²) in [5, 5.41) is 0. The normalized spacial score (nSPS) is 12.8. The van der Waals surface area contributed by atoms with Gasteiger partial charge < -0.3 is 5.73 Å². The van der Waals surface area contributed by atoms with Crippen molar-refractivity contribution in [2.75, 3.05) is 0 Å². The summed E-state index contributed by atoms with van der Waals surface area (Å²) in [6.07, 6.45) is 0. The molecule has 0 saturated heterocycles. The Morgan fingerprint density at radius 2 is 2.00 bits per heavy atom. The van der Waals surface area contributed by atoms with E-state index in [-0.39, 0.29) is 11.9 Å². The molecule has 1 heterocycles. The fourth-order valence-corrected chi connectivity index (χ4v) is 3.50. The average molecular weight is 379 g/mol. The molecule has 0 aliphatic rings. The van der Waals surface area contributed by atoms with E-state index in [0.29, 0.717) is 4.47 Å². The maximum atomic E-state index is 13.1. The summed E-state index contributed by atoms with van der Waals surface area (Å²) >= 11 is 8.26. The Morgan fingerprint density at radius 1 is 1.29 bits per heavy atom. The number of nitrogens with two attached hydrogens (primary N) is 1. The van der Waals surface area contributed by atoms with E-state index in [9.17, 15) is 4.39 Å². The van der Waals surface area contributed by atoms with Gasteiger partial charge in [-0.05, 0) is 68.1 Å². The highest BCUT2D eigenvalue weighted by Gasteiger charge is 2.14. The third kappa shape index (κ3) is 2.78. The van der Waals surface area contributed by atoms with Crippen LogP contribution in [0.25, 0.3) is 0 Å². The monoisotopic (exact) mass is 377 g/mol. The first-order valence-corrected chi connectivity index (χ1v) is 7.35. The Labute approximate surface area is 120 Å². The molecule has 0 fully saturated rings.